The summed E-state index contributed by atoms with van der Waals surface area (Å²) in [7, 11) is 0. The van der Waals surface area contributed by atoms with Gasteiger partial charge in [0.25, 0.3) is 0 Å². The smallest absolute Gasteiger partial charge is 0.327 e. The molecule has 0 radical (unpaired) electrons. The second-order valence-corrected chi connectivity index (χ2v) is 6.85. The van der Waals surface area contributed by atoms with Gasteiger partial charge in [-0.25, -0.2) is 4.79 Å². The number of unbranched alkanes of at least 4 members (excludes halogenated alkanes) is 8. The monoisotopic (exact) mass is 371 g/mol. The number of hydrogen-bond donors (Lipinski definition) is 2. The Morgan fingerprint density at radius 3 is 1.65 bits per heavy atom. The second kappa shape index (κ2) is 15.8. The summed E-state index contributed by atoms with van der Waals surface area (Å²) in [5, 5.41) is 18.5. The number of carboxylic acid groups (broad SMARTS) is 1. The van der Waals surface area contributed by atoms with Gasteiger partial charge >= 0.3 is 5.97 Å². The third-order valence-electron chi connectivity index (χ3n) is 4.53. The van der Waals surface area contributed by atoms with Gasteiger partial charge in [0, 0.05) is 25.9 Å². The third-order valence-corrected chi connectivity index (χ3v) is 4.53. The van der Waals surface area contributed by atoms with Gasteiger partial charge in [-0.2, -0.15) is 0 Å². The standard InChI is InChI=1S/C20H37NO5/c1-3-5-7-8-9-10-12-14-19(24)21(17(15-16-22)20(25)26)18(23)13-11-6-4-2/h17,22H,3-16H2,1-2H3,(H,25,26)/t17-/m0/s1. The van der Waals surface area contributed by atoms with E-state index >= 15 is 0 Å². The zero-order valence-electron chi connectivity index (χ0n) is 16.5. The first-order valence-electron chi connectivity index (χ1n) is 10.2. The maximum absolute atomic E-state index is 12.5. The Labute approximate surface area is 158 Å². The van der Waals surface area contributed by atoms with Crippen LogP contribution < -0.4 is 0 Å². The van der Waals surface area contributed by atoms with E-state index in [1.165, 1.54) is 19.3 Å². The molecule has 26 heavy (non-hydrogen) atoms. The molecule has 2 N–H and O–H groups in total. The largest absolute Gasteiger partial charge is 0.480 e. The van der Waals surface area contributed by atoms with Crippen molar-refractivity contribution in [1.82, 2.24) is 4.90 Å². The third kappa shape index (κ3) is 10.5. The lowest BCUT2D eigenvalue weighted by molar-refractivity contribution is -0.158. The quantitative estimate of drug-likeness (QED) is 0.401. The summed E-state index contributed by atoms with van der Waals surface area (Å²) in [4.78, 5) is 37.4. The number of aliphatic hydroxyl groups excluding tert-OH is 1. The molecule has 2 amide bonds. The van der Waals surface area contributed by atoms with Crippen molar-refractivity contribution in [2.45, 2.75) is 103 Å². The highest BCUT2D eigenvalue weighted by Gasteiger charge is 2.33. The lowest BCUT2D eigenvalue weighted by Gasteiger charge is -2.27. The summed E-state index contributed by atoms with van der Waals surface area (Å²) in [5.41, 5.74) is 0. The van der Waals surface area contributed by atoms with Crippen molar-refractivity contribution < 1.29 is 24.6 Å². The number of rotatable bonds is 16. The van der Waals surface area contributed by atoms with Gasteiger partial charge < -0.3 is 10.2 Å². The molecular weight excluding hydrogens is 334 g/mol. The molecule has 6 nitrogen and oxygen atoms in total. The minimum Gasteiger partial charge on any atom is -0.480 e. The summed E-state index contributed by atoms with van der Waals surface area (Å²) in [6.45, 7) is 3.80. The van der Waals surface area contributed by atoms with Crippen LogP contribution >= 0.6 is 0 Å². The van der Waals surface area contributed by atoms with Crippen molar-refractivity contribution in [2.24, 2.45) is 0 Å². The van der Waals surface area contributed by atoms with Crippen LogP contribution in [0.2, 0.25) is 0 Å². The van der Waals surface area contributed by atoms with E-state index in [1.807, 2.05) is 6.92 Å². The molecule has 152 valence electrons. The van der Waals surface area contributed by atoms with Crippen LogP contribution in [0.15, 0.2) is 0 Å². The highest BCUT2D eigenvalue weighted by molar-refractivity contribution is 5.99. The Bertz CT molecular complexity index is 411. The molecular formula is C20H37NO5. The molecule has 1 atom stereocenters. The van der Waals surface area contributed by atoms with E-state index in [9.17, 15) is 19.5 Å². The number of carboxylic acids is 1. The van der Waals surface area contributed by atoms with Gasteiger partial charge in [0.2, 0.25) is 11.8 Å². The van der Waals surface area contributed by atoms with Gasteiger partial charge in [0.1, 0.15) is 6.04 Å². The first kappa shape index (κ1) is 24.6. The van der Waals surface area contributed by atoms with E-state index in [1.54, 1.807) is 0 Å². The number of nitrogens with zero attached hydrogens (tertiary/aromatic N) is 1. The number of carbonyl (C=O) groups excluding carboxylic acids is 2. The highest BCUT2D eigenvalue weighted by atomic mass is 16.4. The fourth-order valence-electron chi connectivity index (χ4n) is 2.97. The van der Waals surface area contributed by atoms with E-state index in [-0.39, 0.29) is 25.9 Å². The fraction of sp³-hybridized carbons (Fsp3) is 0.850. The molecule has 0 saturated heterocycles. The lowest BCUT2D eigenvalue weighted by atomic mass is 10.1. The van der Waals surface area contributed by atoms with Crippen LogP contribution in [0.4, 0.5) is 0 Å². The molecule has 0 fully saturated rings. The number of amides is 2. The Balaban J connectivity index is 4.67. The van der Waals surface area contributed by atoms with Gasteiger partial charge in [-0.1, -0.05) is 65.2 Å². The number of hydrogen-bond acceptors (Lipinski definition) is 4. The van der Waals surface area contributed by atoms with Crippen LogP contribution in [0.25, 0.3) is 0 Å². The van der Waals surface area contributed by atoms with Crippen molar-refractivity contribution in [3.8, 4) is 0 Å². The maximum atomic E-state index is 12.5. The van der Waals surface area contributed by atoms with Gasteiger partial charge in [0.05, 0.1) is 0 Å². The van der Waals surface area contributed by atoms with E-state index in [0.29, 0.717) is 12.8 Å². The number of carbonyl (C=O) groups is 3. The lowest BCUT2D eigenvalue weighted by Crippen LogP contribution is -2.49. The predicted molar refractivity (Wildman–Crippen MR) is 102 cm³/mol. The molecule has 0 aromatic rings. The van der Waals surface area contributed by atoms with E-state index in [4.69, 9.17) is 5.11 Å². The highest BCUT2D eigenvalue weighted by Crippen LogP contribution is 2.15. The topological polar surface area (TPSA) is 94.9 Å². The van der Waals surface area contributed by atoms with Gasteiger partial charge in [-0.05, 0) is 12.8 Å². The summed E-state index contributed by atoms with van der Waals surface area (Å²) in [6.07, 6.45) is 10.1. The molecule has 0 aliphatic carbocycles. The van der Waals surface area contributed by atoms with Gasteiger partial charge in [0.15, 0.2) is 0 Å². The minimum atomic E-state index is -1.27. The van der Waals surface area contributed by atoms with Gasteiger partial charge in [-0.3, -0.25) is 14.5 Å². The van der Waals surface area contributed by atoms with Crippen molar-refractivity contribution >= 4 is 17.8 Å². The van der Waals surface area contributed by atoms with Crippen LogP contribution in [0, 0.1) is 0 Å². The van der Waals surface area contributed by atoms with Crippen LogP contribution in [0.1, 0.15) is 97.3 Å². The summed E-state index contributed by atoms with van der Waals surface area (Å²) in [5.74, 6) is -2.11. The normalized spacial score (nSPS) is 12.0. The summed E-state index contributed by atoms with van der Waals surface area (Å²) in [6, 6.07) is -1.27. The van der Waals surface area contributed by atoms with E-state index < -0.39 is 23.8 Å². The average molecular weight is 372 g/mol. The molecule has 0 aromatic carbocycles. The Morgan fingerprint density at radius 1 is 0.769 bits per heavy atom. The van der Waals surface area contributed by atoms with Crippen LogP contribution in [0.3, 0.4) is 0 Å². The first-order chi connectivity index (χ1) is 12.5. The van der Waals surface area contributed by atoms with Gasteiger partial charge in [-0.15, -0.1) is 0 Å². The molecule has 0 aliphatic rings. The molecule has 0 bridgehead atoms. The molecule has 0 aliphatic heterocycles. The molecule has 0 saturated carbocycles. The zero-order valence-corrected chi connectivity index (χ0v) is 16.5. The second-order valence-electron chi connectivity index (χ2n) is 6.85. The number of aliphatic carboxylic acids is 1. The fourth-order valence-corrected chi connectivity index (χ4v) is 2.97. The maximum Gasteiger partial charge on any atom is 0.327 e. The molecule has 0 rings (SSSR count). The van der Waals surface area contributed by atoms with Crippen LogP contribution in [-0.4, -0.2) is 45.5 Å². The molecule has 0 aromatic heterocycles. The van der Waals surface area contributed by atoms with Crippen molar-refractivity contribution in [1.29, 1.82) is 0 Å². The minimum absolute atomic E-state index is 0.127. The van der Waals surface area contributed by atoms with Crippen LogP contribution in [0.5, 0.6) is 0 Å². The number of aliphatic hydroxyl groups is 1. The Hall–Kier alpha value is -1.43. The summed E-state index contributed by atoms with van der Waals surface area (Å²) < 4.78 is 0. The number of imide groups is 1. The molecule has 0 heterocycles. The zero-order chi connectivity index (χ0) is 19.8. The Morgan fingerprint density at radius 2 is 1.19 bits per heavy atom. The molecule has 0 unspecified atom stereocenters. The van der Waals surface area contributed by atoms with Crippen molar-refractivity contribution in [2.75, 3.05) is 6.61 Å². The average Bonchev–Trinajstić information content (AvgIpc) is 2.60. The molecule has 6 heteroatoms. The SMILES string of the molecule is CCCCCCCCCC(=O)N(C(=O)CCCCC)[C@@H](CCO)C(=O)O. The summed E-state index contributed by atoms with van der Waals surface area (Å²) >= 11 is 0. The Kier molecular flexibility index (Phi) is 14.9. The van der Waals surface area contributed by atoms with Crippen LogP contribution in [-0.2, 0) is 14.4 Å². The predicted octanol–water partition coefficient (Wildman–Crippen LogP) is 3.90. The van der Waals surface area contributed by atoms with E-state index in [0.717, 1.165) is 37.0 Å². The van der Waals surface area contributed by atoms with Crippen molar-refractivity contribution in [3.05, 3.63) is 0 Å². The van der Waals surface area contributed by atoms with Crippen molar-refractivity contribution in [3.63, 3.8) is 0 Å². The van der Waals surface area contributed by atoms with E-state index in [2.05, 4.69) is 6.92 Å². The molecule has 0 spiro atoms. The first-order valence-corrected chi connectivity index (χ1v) is 10.2.